The Morgan fingerprint density at radius 1 is 0.600 bits per heavy atom. The normalized spacial score (nSPS) is 11.6. The molecule has 0 radical (unpaired) electrons. The van der Waals surface area contributed by atoms with E-state index in [-0.39, 0.29) is 0 Å². The van der Waals surface area contributed by atoms with Gasteiger partial charge in [0.05, 0.1) is 5.56 Å². The van der Waals surface area contributed by atoms with E-state index in [1.54, 1.807) is 6.08 Å². The van der Waals surface area contributed by atoms with Gasteiger partial charge < -0.3 is 5.32 Å². The number of hydrogen-bond donors (Lipinski definition) is 1. The molecule has 0 atom stereocenters. The third-order valence-corrected chi connectivity index (χ3v) is 3.68. The summed E-state index contributed by atoms with van der Waals surface area (Å²) < 4.78 is 37.6. The third-order valence-electron chi connectivity index (χ3n) is 3.68. The first kappa shape index (κ1) is 16.8. The van der Waals surface area contributed by atoms with Crippen LogP contribution in [0.5, 0.6) is 0 Å². The molecule has 0 amide bonds. The molecule has 25 heavy (non-hydrogen) atoms. The molecule has 0 saturated carbocycles. The number of rotatable bonds is 4. The Bertz CT molecular complexity index is 833. The van der Waals surface area contributed by atoms with Gasteiger partial charge in [-0.15, -0.1) is 0 Å². The smallest absolute Gasteiger partial charge is 0.356 e. The van der Waals surface area contributed by atoms with Crippen LogP contribution in [-0.2, 0) is 6.18 Å². The second kappa shape index (κ2) is 7.26. The summed E-state index contributed by atoms with van der Waals surface area (Å²) in [4.78, 5) is 0. The standard InChI is InChI=1S/C21H16F3N/c22-21(23,24)18-12-8-16(9-13-18)6-7-17-10-14-20(15-11-17)25-19-4-2-1-3-5-19/h1-15,25H/b7-6+. The molecule has 0 heterocycles. The zero-order chi connectivity index (χ0) is 17.7. The molecule has 0 bridgehead atoms. The van der Waals surface area contributed by atoms with E-state index >= 15 is 0 Å². The average Bonchev–Trinajstić information content (AvgIpc) is 2.62. The number of nitrogens with one attached hydrogen (secondary N) is 1. The monoisotopic (exact) mass is 339 g/mol. The number of halogens is 3. The van der Waals surface area contributed by atoms with Gasteiger partial charge in [0.1, 0.15) is 0 Å². The largest absolute Gasteiger partial charge is 0.416 e. The van der Waals surface area contributed by atoms with Crippen molar-refractivity contribution in [2.45, 2.75) is 6.18 Å². The van der Waals surface area contributed by atoms with Crippen molar-refractivity contribution in [2.75, 3.05) is 5.32 Å². The van der Waals surface area contributed by atoms with Crippen LogP contribution < -0.4 is 5.32 Å². The molecule has 0 saturated heterocycles. The van der Waals surface area contributed by atoms with Crippen molar-refractivity contribution in [2.24, 2.45) is 0 Å². The minimum Gasteiger partial charge on any atom is -0.356 e. The number of para-hydroxylation sites is 1. The fourth-order valence-electron chi connectivity index (χ4n) is 2.34. The second-order valence-electron chi connectivity index (χ2n) is 5.57. The van der Waals surface area contributed by atoms with Crippen molar-refractivity contribution < 1.29 is 13.2 Å². The summed E-state index contributed by atoms with van der Waals surface area (Å²) in [5.74, 6) is 0. The highest BCUT2D eigenvalue weighted by atomic mass is 19.4. The molecule has 4 heteroatoms. The van der Waals surface area contributed by atoms with Crippen molar-refractivity contribution in [1.82, 2.24) is 0 Å². The molecule has 0 aliphatic carbocycles. The summed E-state index contributed by atoms with van der Waals surface area (Å²) in [6, 6.07) is 22.8. The Balaban J connectivity index is 1.66. The fourth-order valence-corrected chi connectivity index (χ4v) is 2.34. The highest BCUT2D eigenvalue weighted by Crippen LogP contribution is 2.29. The van der Waals surface area contributed by atoms with Gasteiger partial charge in [0.15, 0.2) is 0 Å². The van der Waals surface area contributed by atoms with E-state index < -0.39 is 11.7 Å². The lowest BCUT2D eigenvalue weighted by atomic mass is 10.1. The van der Waals surface area contributed by atoms with E-state index in [0.717, 1.165) is 34.6 Å². The second-order valence-corrected chi connectivity index (χ2v) is 5.57. The predicted octanol–water partition coefficient (Wildman–Crippen LogP) is 6.62. The topological polar surface area (TPSA) is 12.0 Å². The van der Waals surface area contributed by atoms with E-state index in [4.69, 9.17) is 0 Å². The molecular formula is C21H16F3N. The average molecular weight is 339 g/mol. The predicted molar refractivity (Wildman–Crippen MR) is 96.5 cm³/mol. The zero-order valence-corrected chi connectivity index (χ0v) is 13.3. The van der Waals surface area contributed by atoms with Gasteiger partial charge in [0, 0.05) is 11.4 Å². The molecule has 0 spiro atoms. The third kappa shape index (κ3) is 4.73. The summed E-state index contributed by atoms with van der Waals surface area (Å²) in [5.41, 5.74) is 3.03. The maximum absolute atomic E-state index is 12.5. The molecular weight excluding hydrogens is 323 g/mol. The van der Waals surface area contributed by atoms with Gasteiger partial charge in [-0.25, -0.2) is 0 Å². The van der Waals surface area contributed by atoms with Crippen molar-refractivity contribution in [3.8, 4) is 0 Å². The number of benzene rings is 3. The number of anilines is 2. The minimum absolute atomic E-state index is 0.638. The molecule has 1 N–H and O–H groups in total. The highest BCUT2D eigenvalue weighted by Gasteiger charge is 2.29. The number of alkyl halides is 3. The van der Waals surface area contributed by atoms with Crippen LogP contribution in [0.4, 0.5) is 24.5 Å². The van der Waals surface area contributed by atoms with E-state index in [2.05, 4.69) is 5.32 Å². The summed E-state index contributed by atoms with van der Waals surface area (Å²) in [5, 5.41) is 3.29. The number of hydrogen-bond acceptors (Lipinski definition) is 1. The van der Waals surface area contributed by atoms with Crippen LogP contribution >= 0.6 is 0 Å². The van der Waals surface area contributed by atoms with Crippen LogP contribution in [0.2, 0.25) is 0 Å². The quantitative estimate of drug-likeness (QED) is 0.527. The van der Waals surface area contributed by atoms with Crippen molar-refractivity contribution >= 4 is 23.5 Å². The van der Waals surface area contributed by atoms with Crippen LogP contribution in [0.1, 0.15) is 16.7 Å². The van der Waals surface area contributed by atoms with Crippen LogP contribution in [-0.4, -0.2) is 0 Å². The maximum atomic E-state index is 12.5. The Kier molecular flexibility index (Phi) is 4.89. The lowest BCUT2D eigenvalue weighted by Crippen LogP contribution is -2.03. The molecule has 0 aliphatic heterocycles. The molecule has 3 aromatic rings. The van der Waals surface area contributed by atoms with Crippen LogP contribution in [0.25, 0.3) is 12.2 Å². The maximum Gasteiger partial charge on any atom is 0.416 e. The van der Waals surface area contributed by atoms with Crippen LogP contribution in [0.3, 0.4) is 0 Å². The van der Waals surface area contributed by atoms with Gasteiger partial charge in [0.2, 0.25) is 0 Å². The zero-order valence-electron chi connectivity index (χ0n) is 13.3. The molecule has 126 valence electrons. The first-order valence-corrected chi connectivity index (χ1v) is 7.78. The molecule has 0 fully saturated rings. The van der Waals surface area contributed by atoms with Crippen molar-refractivity contribution in [3.63, 3.8) is 0 Å². The lowest BCUT2D eigenvalue weighted by molar-refractivity contribution is -0.137. The Morgan fingerprint density at radius 2 is 1.08 bits per heavy atom. The molecule has 0 aromatic heterocycles. The van der Waals surface area contributed by atoms with Crippen LogP contribution in [0.15, 0.2) is 78.9 Å². The van der Waals surface area contributed by atoms with Gasteiger partial charge in [-0.05, 0) is 47.5 Å². The molecule has 0 unspecified atom stereocenters. The lowest BCUT2D eigenvalue weighted by Gasteiger charge is -2.06. The summed E-state index contributed by atoms with van der Waals surface area (Å²) in [7, 11) is 0. The fraction of sp³-hybridized carbons (Fsp3) is 0.0476. The summed E-state index contributed by atoms with van der Waals surface area (Å²) in [6.07, 6.45) is -0.640. The van der Waals surface area contributed by atoms with E-state index in [1.165, 1.54) is 12.1 Å². The Labute approximate surface area is 144 Å². The van der Waals surface area contributed by atoms with E-state index in [9.17, 15) is 13.2 Å². The van der Waals surface area contributed by atoms with E-state index in [0.29, 0.717) is 0 Å². The first-order valence-electron chi connectivity index (χ1n) is 7.78. The SMILES string of the molecule is FC(F)(F)c1ccc(/C=C/c2ccc(Nc3ccccc3)cc2)cc1. The molecule has 0 aliphatic rings. The van der Waals surface area contributed by atoms with Gasteiger partial charge in [-0.2, -0.15) is 13.2 Å². The minimum atomic E-state index is -4.30. The van der Waals surface area contributed by atoms with Gasteiger partial charge in [-0.3, -0.25) is 0 Å². The van der Waals surface area contributed by atoms with Gasteiger partial charge in [-0.1, -0.05) is 54.6 Å². The van der Waals surface area contributed by atoms with Crippen molar-refractivity contribution in [1.29, 1.82) is 0 Å². The summed E-state index contributed by atoms with van der Waals surface area (Å²) in [6.45, 7) is 0. The van der Waals surface area contributed by atoms with Crippen molar-refractivity contribution in [3.05, 3.63) is 95.6 Å². The van der Waals surface area contributed by atoms with E-state index in [1.807, 2.05) is 60.7 Å². The Hall–Kier alpha value is -3.01. The molecule has 3 rings (SSSR count). The molecule has 1 nitrogen and oxygen atoms in total. The Morgan fingerprint density at radius 3 is 1.60 bits per heavy atom. The molecule has 3 aromatic carbocycles. The van der Waals surface area contributed by atoms with Gasteiger partial charge in [0.25, 0.3) is 0 Å². The highest BCUT2D eigenvalue weighted by molar-refractivity contribution is 5.71. The first-order chi connectivity index (χ1) is 12.0. The van der Waals surface area contributed by atoms with Crippen LogP contribution in [0, 0.1) is 0 Å². The van der Waals surface area contributed by atoms with Gasteiger partial charge >= 0.3 is 6.18 Å². The summed E-state index contributed by atoms with van der Waals surface area (Å²) >= 11 is 0.